The van der Waals surface area contributed by atoms with E-state index in [-0.39, 0.29) is 5.91 Å². The lowest BCUT2D eigenvalue weighted by Crippen LogP contribution is -2.39. The summed E-state index contributed by atoms with van der Waals surface area (Å²) in [6.45, 7) is 4.86. The van der Waals surface area contributed by atoms with Crippen LogP contribution in [0.2, 0.25) is 0 Å². The number of carbonyl (C=O) groups is 1. The molecule has 3 rings (SSSR count). The first-order valence-corrected chi connectivity index (χ1v) is 6.72. The number of likely N-dealkylation sites (tertiary alicyclic amines) is 1. The van der Waals surface area contributed by atoms with Gasteiger partial charge in [-0.15, -0.1) is 5.10 Å². The number of aromatic nitrogens is 3. The van der Waals surface area contributed by atoms with Crippen LogP contribution in [0.4, 0.5) is 0 Å². The number of hydrogen-bond acceptors (Lipinski definition) is 4. The number of nitrogens with one attached hydrogen (secondary N) is 2. The minimum Gasteiger partial charge on any atom is -0.331 e. The predicted molar refractivity (Wildman–Crippen MR) is 66.2 cm³/mol. The standard InChI is InChI=1S/C12H19N5O/c1-2-3-10-14-11(16-15-10)12(18)17-5-4-8-6-13-7-9(8)17/h8-9,13H,2-7H2,1H3,(H,14,15,16)/t8-,9+/m0/s1. The maximum absolute atomic E-state index is 12.4. The van der Waals surface area contributed by atoms with E-state index in [1.807, 2.05) is 4.90 Å². The Morgan fingerprint density at radius 3 is 3.22 bits per heavy atom. The number of carbonyl (C=O) groups excluding carboxylic acids is 1. The average molecular weight is 249 g/mol. The van der Waals surface area contributed by atoms with E-state index in [0.717, 1.165) is 44.7 Å². The second kappa shape index (κ2) is 4.68. The molecule has 0 bridgehead atoms. The van der Waals surface area contributed by atoms with Gasteiger partial charge >= 0.3 is 0 Å². The van der Waals surface area contributed by atoms with Crippen molar-refractivity contribution in [3.05, 3.63) is 11.6 Å². The monoisotopic (exact) mass is 249 g/mol. The van der Waals surface area contributed by atoms with Gasteiger partial charge in [0.1, 0.15) is 5.82 Å². The molecule has 0 spiro atoms. The highest BCUT2D eigenvalue weighted by atomic mass is 16.2. The Morgan fingerprint density at radius 1 is 1.50 bits per heavy atom. The molecule has 98 valence electrons. The van der Waals surface area contributed by atoms with Crippen LogP contribution in [0.5, 0.6) is 0 Å². The Kier molecular flexibility index (Phi) is 3.03. The van der Waals surface area contributed by atoms with E-state index in [1.54, 1.807) is 0 Å². The van der Waals surface area contributed by atoms with Gasteiger partial charge in [0.2, 0.25) is 5.82 Å². The van der Waals surface area contributed by atoms with E-state index in [2.05, 4.69) is 27.4 Å². The lowest BCUT2D eigenvalue weighted by atomic mass is 10.1. The molecule has 2 atom stereocenters. The van der Waals surface area contributed by atoms with Crippen molar-refractivity contribution in [1.82, 2.24) is 25.4 Å². The Bertz CT molecular complexity index is 443. The van der Waals surface area contributed by atoms with E-state index < -0.39 is 0 Å². The minimum absolute atomic E-state index is 0.0233. The molecule has 2 saturated heterocycles. The zero-order valence-corrected chi connectivity index (χ0v) is 10.6. The number of aryl methyl sites for hydroxylation is 1. The molecule has 2 aliphatic rings. The van der Waals surface area contributed by atoms with Gasteiger partial charge in [-0.05, 0) is 18.8 Å². The van der Waals surface area contributed by atoms with Crippen molar-refractivity contribution in [3.8, 4) is 0 Å². The van der Waals surface area contributed by atoms with Crippen LogP contribution in [0, 0.1) is 5.92 Å². The van der Waals surface area contributed by atoms with E-state index in [9.17, 15) is 4.79 Å². The molecule has 2 N–H and O–H groups in total. The highest BCUT2D eigenvalue weighted by molar-refractivity contribution is 5.91. The lowest BCUT2D eigenvalue weighted by molar-refractivity contribution is 0.0725. The molecule has 6 nitrogen and oxygen atoms in total. The quantitative estimate of drug-likeness (QED) is 0.802. The number of aromatic amines is 1. The number of H-pyrrole nitrogens is 1. The van der Waals surface area contributed by atoms with Crippen molar-refractivity contribution in [2.45, 2.75) is 32.2 Å². The van der Waals surface area contributed by atoms with Crippen LogP contribution < -0.4 is 5.32 Å². The first-order chi connectivity index (χ1) is 8.79. The highest BCUT2D eigenvalue weighted by Crippen LogP contribution is 2.27. The first kappa shape index (κ1) is 11.6. The SMILES string of the molecule is CCCc1nc(C(=O)N2CC[C@H]3CNC[C@H]32)n[nH]1. The van der Waals surface area contributed by atoms with Gasteiger partial charge in [-0.3, -0.25) is 9.89 Å². The zero-order chi connectivity index (χ0) is 12.5. The Labute approximate surface area is 106 Å². The van der Waals surface area contributed by atoms with E-state index in [4.69, 9.17) is 0 Å². The lowest BCUT2D eigenvalue weighted by Gasteiger charge is -2.21. The van der Waals surface area contributed by atoms with Crippen LogP contribution >= 0.6 is 0 Å². The third-order valence-corrected chi connectivity index (χ3v) is 3.92. The van der Waals surface area contributed by atoms with Gasteiger partial charge in [0.15, 0.2) is 0 Å². The molecule has 1 amide bonds. The van der Waals surface area contributed by atoms with Crippen LogP contribution in [0.1, 0.15) is 36.2 Å². The van der Waals surface area contributed by atoms with Crippen LogP contribution in [0.3, 0.4) is 0 Å². The third kappa shape index (κ3) is 1.90. The molecule has 0 aliphatic carbocycles. The molecule has 0 aromatic carbocycles. The van der Waals surface area contributed by atoms with Gasteiger partial charge in [0, 0.05) is 32.1 Å². The Hall–Kier alpha value is -1.43. The molecule has 18 heavy (non-hydrogen) atoms. The normalized spacial score (nSPS) is 26.6. The Balaban J connectivity index is 1.73. The molecular formula is C12H19N5O. The molecular weight excluding hydrogens is 230 g/mol. The number of amides is 1. The van der Waals surface area contributed by atoms with Crippen LogP contribution in [-0.2, 0) is 6.42 Å². The predicted octanol–water partition coefficient (Wildman–Crippen LogP) is 0.191. The first-order valence-electron chi connectivity index (χ1n) is 6.72. The van der Waals surface area contributed by atoms with E-state index in [0.29, 0.717) is 17.8 Å². The van der Waals surface area contributed by atoms with Gasteiger partial charge in [-0.2, -0.15) is 0 Å². The number of rotatable bonds is 3. The fraction of sp³-hybridized carbons (Fsp3) is 0.750. The van der Waals surface area contributed by atoms with Crippen LogP contribution in [-0.4, -0.2) is 51.7 Å². The van der Waals surface area contributed by atoms with Gasteiger partial charge in [-0.25, -0.2) is 4.98 Å². The summed E-state index contributed by atoms with van der Waals surface area (Å²) in [5.74, 6) is 1.72. The average Bonchev–Trinajstić information content (AvgIpc) is 3.04. The fourth-order valence-electron chi connectivity index (χ4n) is 2.97. The van der Waals surface area contributed by atoms with Crippen LogP contribution in [0.25, 0.3) is 0 Å². The van der Waals surface area contributed by atoms with Gasteiger partial charge in [-0.1, -0.05) is 6.92 Å². The Morgan fingerprint density at radius 2 is 2.39 bits per heavy atom. The van der Waals surface area contributed by atoms with Crippen molar-refractivity contribution in [2.75, 3.05) is 19.6 Å². The summed E-state index contributed by atoms with van der Waals surface area (Å²) in [4.78, 5) is 18.6. The molecule has 0 saturated carbocycles. The summed E-state index contributed by atoms with van der Waals surface area (Å²) >= 11 is 0. The maximum Gasteiger partial charge on any atom is 0.293 e. The molecule has 0 radical (unpaired) electrons. The smallest absolute Gasteiger partial charge is 0.293 e. The molecule has 1 aromatic rings. The molecule has 3 heterocycles. The van der Waals surface area contributed by atoms with Gasteiger partial charge in [0.05, 0.1) is 0 Å². The van der Waals surface area contributed by atoms with Crippen LogP contribution in [0.15, 0.2) is 0 Å². The largest absolute Gasteiger partial charge is 0.331 e. The third-order valence-electron chi connectivity index (χ3n) is 3.92. The second-order valence-corrected chi connectivity index (χ2v) is 5.13. The van der Waals surface area contributed by atoms with Gasteiger partial charge < -0.3 is 10.2 Å². The van der Waals surface area contributed by atoms with Gasteiger partial charge in [0.25, 0.3) is 5.91 Å². The van der Waals surface area contributed by atoms with E-state index >= 15 is 0 Å². The highest BCUT2D eigenvalue weighted by Gasteiger charge is 2.41. The number of fused-ring (bicyclic) bond motifs is 1. The summed E-state index contributed by atoms with van der Waals surface area (Å²) in [7, 11) is 0. The summed E-state index contributed by atoms with van der Waals surface area (Å²) in [5, 5.41) is 10.2. The summed E-state index contributed by atoms with van der Waals surface area (Å²) in [6, 6.07) is 0.339. The zero-order valence-electron chi connectivity index (χ0n) is 10.6. The van der Waals surface area contributed by atoms with Crippen molar-refractivity contribution in [1.29, 1.82) is 0 Å². The number of nitrogens with zero attached hydrogens (tertiary/aromatic N) is 3. The van der Waals surface area contributed by atoms with Crippen molar-refractivity contribution < 1.29 is 4.79 Å². The van der Waals surface area contributed by atoms with Crippen molar-refractivity contribution >= 4 is 5.91 Å². The molecule has 2 aliphatic heterocycles. The topological polar surface area (TPSA) is 73.9 Å². The van der Waals surface area contributed by atoms with E-state index in [1.165, 1.54) is 0 Å². The minimum atomic E-state index is -0.0233. The summed E-state index contributed by atoms with van der Waals surface area (Å²) in [5.41, 5.74) is 0. The number of hydrogen-bond donors (Lipinski definition) is 2. The maximum atomic E-state index is 12.4. The summed E-state index contributed by atoms with van der Waals surface area (Å²) in [6.07, 6.45) is 2.94. The molecule has 0 unspecified atom stereocenters. The molecule has 2 fully saturated rings. The fourth-order valence-corrected chi connectivity index (χ4v) is 2.97. The second-order valence-electron chi connectivity index (χ2n) is 5.13. The molecule has 6 heteroatoms. The summed E-state index contributed by atoms with van der Waals surface area (Å²) < 4.78 is 0. The molecule has 1 aromatic heterocycles. The van der Waals surface area contributed by atoms with Crippen molar-refractivity contribution in [2.24, 2.45) is 5.92 Å². The van der Waals surface area contributed by atoms with Crippen molar-refractivity contribution in [3.63, 3.8) is 0 Å².